The molecule has 4 saturated carbocycles. The van der Waals surface area contributed by atoms with Gasteiger partial charge >= 0.3 is 5.97 Å². The Kier molecular flexibility index (Phi) is 9.08. The van der Waals surface area contributed by atoms with Crippen molar-refractivity contribution in [1.82, 2.24) is 0 Å². The van der Waals surface area contributed by atoms with E-state index in [1.807, 2.05) is 24.3 Å². The molecular weight excluding hydrogens is 492 g/mol. The quantitative estimate of drug-likeness (QED) is 0.216. The lowest BCUT2D eigenvalue weighted by atomic mass is 9.44. The number of ether oxygens (including phenoxy) is 2. The van der Waals surface area contributed by atoms with Gasteiger partial charge in [-0.2, -0.15) is 0 Å². The topological polar surface area (TPSA) is 35.5 Å². The molecule has 0 amide bonds. The van der Waals surface area contributed by atoms with E-state index in [1.54, 1.807) is 6.08 Å². The van der Waals surface area contributed by atoms with E-state index in [1.165, 1.54) is 70.6 Å². The van der Waals surface area contributed by atoms with Crippen LogP contribution in [0.2, 0.25) is 0 Å². The number of benzene rings is 1. The van der Waals surface area contributed by atoms with Gasteiger partial charge in [-0.1, -0.05) is 66.5 Å². The first-order valence-electron chi connectivity index (χ1n) is 16.7. The molecule has 4 aliphatic carbocycles. The smallest absolute Gasteiger partial charge is 0.338 e. The van der Waals surface area contributed by atoms with E-state index in [-0.39, 0.29) is 17.5 Å². The molecule has 0 radical (unpaired) electrons. The Bertz CT molecular complexity index is 1010. The highest BCUT2D eigenvalue weighted by atomic mass is 16.5. The summed E-state index contributed by atoms with van der Waals surface area (Å²) in [5.41, 5.74) is 1.23. The van der Waals surface area contributed by atoms with Crippen LogP contribution < -0.4 is 4.74 Å². The summed E-state index contributed by atoms with van der Waals surface area (Å²) in [6, 6.07) is 7.43. The van der Waals surface area contributed by atoms with Crippen molar-refractivity contribution in [2.45, 2.75) is 118 Å². The summed E-state index contributed by atoms with van der Waals surface area (Å²) in [6.45, 7) is 16.7. The fourth-order valence-corrected chi connectivity index (χ4v) is 10.5. The lowest BCUT2D eigenvalue weighted by molar-refractivity contribution is -0.166. The minimum Gasteiger partial charge on any atom is -0.490 e. The molecule has 3 nitrogen and oxygen atoms in total. The van der Waals surface area contributed by atoms with Gasteiger partial charge in [-0.3, -0.25) is 0 Å². The predicted molar refractivity (Wildman–Crippen MR) is 164 cm³/mol. The van der Waals surface area contributed by atoms with Gasteiger partial charge in [0.25, 0.3) is 0 Å². The zero-order chi connectivity index (χ0) is 28.5. The number of rotatable bonds is 10. The fourth-order valence-electron chi connectivity index (χ4n) is 10.5. The molecule has 0 aliphatic heterocycles. The number of hydrogen-bond donors (Lipinski definition) is 0. The van der Waals surface area contributed by atoms with Gasteiger partial charge in [0.1, 0.15) is 18.5 Å². The second-order valence-electron chi connectivity index (χ2n) is 15.0. The summed E-state index contributed by atoms with van der Waals surface area (Å²) < 4.78 is 12.1. The summed E-state index contributed by atoms with van der Waals surface area (Å²) in [6.07, 6.45) is 17.7. The Hall–Kier alpha value is -1.77. The van der Waals surface area contributed by atoms with Crippen LogP contribution in [0.1, 0.15) is 122 Å². The molecule has 4 fully saturated rings. The van der Waals surface area contributed by atoms with Crippen LogP contribution in [0.4, 0.5) is 0 Å². The van der Waals surface area contributed by atoms with E-state index in [2.05, 4.69) is 41.2 Å². The Morgan fingerprint density at radius 2 is 1.75 bits per heavy atom. The molecular formula is C37H56O3. The highest BCUT2D eigenvalue weighted by molar-refractivity contribution is 5.89. The van der Waals surface area contributed by atoms with Gasteiger partial charge in [0.15, 0.2) is 0 Å². The van der Waals surface area contributed by atoms with E-state index < -0.39 is 0 Å². The molecule has 0 bridgehead atoms. The van der Waals surface area contributed by atoms with Crippen LogP contribution in [0.15, 0.2) is 36.9 Å². The summed E-state index contributed by atoms with van der Waals surface area (Å²) in [5.74, 6) is 6.16. The van der Waals surface area contributed by atoms with Gasteiger partial charge < -0.3 is 9.47 Å². The molecule has 0 spiro atoms. The van der Waals surface area contributed by atoms with E-state index >= 15 is 0 Å². The molecule has 1 unspecified atom stereocenters. The van der Waals surface area contributed by atoms with E-state index in [0.717, 1.165) is 41.8 Å². The first-order valence-corrected chi connectivity index (χ1v) is 16.7. The van der Waals surface area contributed by atoms with Crippen LogP contribution in [0.25, 0.3) is 0 Å². The van der Waals surface area contributed by atoms with Crippen molar-refractivity contribution in [1.29, 1.82) is 0 Å². The summed E-state index contributed by atoms with van der Waals surface area (Å²) in [4.78, 5) is 13.4. The summed E-state index contributed by atoms with van der Waals surface area (Å²) >= 11 is 0. The van der Waals surface area contributed by atoms with E-state index in [4.69, 9.17) is 9.47 Å². The van der Waals surface area contributed by atoms with Gasteiger partial charge in [-0.15, -0.1) is 0 Å². The first kappa shape index (κ1) is 29.7. The lowest BCUT2D eigenvalue weighted by Gasteiger charge is -2.62. The van der Waals surface area contributed by atoms with Crippen LogP contribution in [-0.2, 0) is 4.74 Å². The highest BCUT2D eigenvalue weighted by Gasteiger charge is 2.62. The second-order valence-corrected chi connectivity index (χ2v) is 15.0. The van der Waals surface area contributed by atoms with Crippen molar-refractivity contribution in [3.05, 3.63) is 42.5 Å². The predicted octanol–water partition coefficient (Wildman–Crippen LogP) is 9.90. The van der Waals surface area contributed by atoms with Gasteiger partial charge in [0, 0.05) is 5.41 Å². The molecule has 40 heavy (non-hydrogen) atoms. The molecule has 1 aromatic carbocycles. The van der Waals surface area contributed by atoms with Crippen molar-refractivity contribution in [2.75, 3.05) is 6.61 Å². The molecule has 0 aromatic heterocycles. The first-order chi connectivity index (χ1) is 19.2. The molecule has 1 aromatic rings. The van der Waals surface area contributed by atoms with Crippen molar-refractivity contribution < 1.29 is 14.3 Å². The van der Waals surface area contributed by atoms with Gasteiger partial charge in [-0.05, 0) is 129 Å². The lowest BCUT2D eigenvalue weighted by Crippen LogP contribution is -2.58. The van der Waals surface area contributed by atoms with Crippen LogP contribution in [0, 0.1) is 52.3 Å². The average Bonchev–Trinajstić information content (AvgIpc) is 3.29. The second kappa shape index (κ2) is 12.2. The summed E-state index contributed by atoms with van der Waals surface area (Å²) in [5, 5.41) is 0. The third-order valence-corrected chi connectivity index (χ3v) is 12.6. The fraction of sp³-hybridized carbons (Fsp3) is 0.757. The number of carbonyl (C=O) groups excluding carboxylic acids is 1. The Morgan fingerprint density at radius 1 is 0.975 bits per heavy atom. The zero-order valence-corrected chi connectivity index (χ0v) is 26.1. The van der Waals surface area contributed by atoms with Crippen LogP contribution in [0.3, 0.4) is 0 Å². The van der Waals surface area contributed by atoms with Gasteiger partial charge in [-0.25, -0.2) is 4.79 Å². The number of fused-ring (bicyclic) bond motifs is 5. The maximum atomic E-state index is 13.4. The average molecular weight is 549 g/mol. The van der Waals surface area contributed by atoms with E-state index in [0.29, 0.717) is 29.4 Å². The van der Waals surface area contributed by atoms with Crippen LogP contribution >= 0.6 is 0 Å². The van der Waals surface area contributed by atoms with Crippen molar-refractivity contribution in [3.63, 3.8) is 0 Å². The molecule has 3 heteroatoms. The van der Waals surface area contributed by atoms with Crippen molar-refractivity contribution >= 4 is 5.97 Å². The Labute approximate surface area is 244 Å². The molecule has 5 rings (SSSR count). The van der Waals surface area contributed by atoms with Crippen molar-refractivity contribution in [2.24, 2.45) is 52.3 Å². The summed E-state index contributed by atoms with van der Waals surface area (Å²) in [7, 11) is 0. The third-order valence-electron chi connectivity index (χ3n) is 12.6. The number of hydrogen-bond acceptors (Lipinski definition) is 3. The van der Waals surface area contributed by atoms with Crippen LogP contribution in [-0.4, -0.2) is 18.7 Å². The minimum atomic E-state index is -0.166. The highest BCUT2D eigenvalue weighted by Crippen LogP contribution is 2.68. The van der Waals surface area contributed by atoms with Crippen molar-refractivity contribution in [3.8, 4) is 5.75 Å². The molecule has 222 valence electrons. The zero-order valence-electron chi connectivity index (χ0n) is 26.1. The third kappa shape index (κ3) is 5.52. The molecule has 4 aliphatic rings. The molecule has 9 atom stereocenters. The molecule has 0 N–H and O–H groups in total. The Balaban J connectivity index is 1.30. The van der Waals surface area contributed by atoms with E-state index in [9.17, 15) is 4.79 Å². The normalized spacial score (nSPS) is 37.6. The Morgan fingerprint density at radius 3 is 2.48 bits per heavy atom. The van der Waals surface area contributed by atoms with Gasteiger partial charge in [0.05, 0.1) is 5.56 Å². The number of esters is 1. The SMILES string of the molecule is C=CCOc1ccc(C(=O)OC2CCC[C@@H]3CC[C@@H]4[C@@H]5CC[C@@H]([C@@H](C)CCCC(C)C)[C@@]5(C)CC[C@@H]4[C@@]23C)cc1. The largest absolute Gasteiger partial charge is 0.490 e. The standard InChI is InChI=1S/C37H56O3/c1-7-24-39-29-17-14-27(15-18-29)35(38)40-34-13-9-12-28-16-19-30-32-21-20-31(26(4)11-8-10-25(2)3)36(32,5)23-22-33(30)37(28,34)6/h7,14-15,17-18,25-26,28,30-34H,1,8-13,16,19-24H2,2-6H3/t26-,28+,30+,31-,32-,33-,34?,36+,37-/m0/s1. The minimum absolute atomic E-state index is 0.0276. The molecule has 0 heterocycles. The maximum Gasteiger partial charge on any atom is 0.338 e. The maximum absolute atomic E-state index is 13.4. The monoisotopic (exact) mass is 548 g/mol. The van der Waals surface area contributed by atoms with Gasteiger partial charge in [0.2, 0.25) is 0 Å². The molecule has 0 saturated heterocycles. The number of carbonyl (C=O) groups is 1. The van der Waals surface area contributed by atoms with Crippen LogP contribution in [0.5, 0.6) is 5.75 Å².